The summed E-state index contributed by atoms with van der Waals surface area (Å²) in [5.41, 5.74) is 2.63. The van der Waals surface area contributed by atoms with Gasteiger partial charge in [-0.1, -0.05) is 6.07 Å². The summed E-state index contributed by atoms with van der Waals surface area (Å²) in [5, 5.41) is 9.77. The second-order valence-electron chi connectivity index (χ2n) is 5.56. The van der Waals surface area contributed by atoms with E-state index in [9.17, 15) is 9.90 Å². The number of rotatable bonds is 4. The van der Waals surface area contributed by atoms with E-state index in [-0.39, 0.29) is 11.3 Å². The Hall–Kier alpha value is -2.12. The second-order valence-corrected chi connectivity index (χ2v) is 5.97. The fraction of sp³-hybridized carbons (Fsp3) is 0.375. The van der Waals surface area contributed by atoms with Crippen LogP contribution in [0.2, 0.25) is 0 Å². The average molecular weight is 333 g/mol. The van der Waals surface area contributed by atoms with Crippen molar-refractivity contribution in [1.82, 2.24) is 14.9 Å². The molecule has 0 fully saturated rings. The van der Waals surface area contributed by atoms with Crippen LogP contribution in [-0.4, -0.2) is 33.1 Å². The molecule has 0 aliphatic carbocycles. The van der Waals surface area contributed by atoms with Gasteiger partial charge in [-0.25, -0.2) is 0 Å². The highest BCUT2D eigenvalue weighted by atomic mass is 32.1. The Labute approximate surface area is 138 Å². The first-order valence-corrected chi connectivity index (χ1v) is 7.99. The Kier molecular flexibility index (Phi) is 4.49. The van der Waals surface area contributed by atoms with E-state index >= 15 is 0 Å². The highest BCUT2D eigenvalue weighted by molar-refractivity contribution is 7.71. The van der Waals surface area contributed by atoms with E-state index in [0.717, 1.165) is 23.4 Å². The number of hydrogen-bond donors (Lipinski definition) is 3. The topological polar surface area (TPSA) is 81.3 Å². The maximum atomic E-state index is 11.9. The van der Waals surface area contributed by atoms with E-state index in [0.29, 0.717) is 36.6 Å². The van der Waals surface area contributed by atoms with Gasteiger partial charge in [0.25, 0.3) is 5.56 Å². The van der Waals surface area contributed by atoms with Crippen LogP contribution in [0.25, 0.3) is 0 Å². The summed E-state index contributed by atoms with van der Waals surface area (Å²) in [5.74, 6) is 0.647. The molecule has 1 aliphatic rings. The first-order chi connectivity index (χ1) is 11.1. The monoisotopic (exact) mass is 333 g/mol. The van der Waals surface area contributed by atoms with Gasteiger partial charge in [0.15, 0.2) is 16.3 Å². The molecular weight excluding hydrogens is 314 g/mol. The van der Waals surface area contributed by atoms with Crippen LogP contribution in [0.5, 0.6) is 11.5 Å². The molecule has 122 valence electrons. The number of nitrogens with one attached hydrogen (secondary N) is 2. The lowest BCUT2D eigenvalue weighted by Gasteiger charge is -2.28. The van der Waals surface area contributed by atoms with Gasteiger partial charge in [-0.3, -0.25) is 14.7 Å². The molecule has 2 aromatic rings. The van der Waals surface area contributed by atoms with Crippen LogP contribution in [0.1, 0.15) is 23.7 Å². The minimum Gasteiger partial charge on any atom is -0.504 e. The molecule has 1 aromatic heterocycles. The fourth-order valence-corrected chi connectivity index (χ4v) is 3.07. The van der Waals surface area contributed by atoms with Gasteiger partial charge in [0.1, 0.15) is 0 Å². The molecule has 0 unspecified atom stereocenters. The Morgan fingerprint density at radius 3 is 3.00 bits per heavy atom. The number of hydrogen-bond acceptors (Lipinski definition) is 5. The maximum Gasteiger partial charge on any atom is 0.255 e. The number of aromatic amines is 2. The van der Waals surface area contributed by atoms with Crippen LogP contribution >= 0.6 is 12.2 Å². The van der Waals surface area contributed by atoms with Gasteiger partial charge >= 0.3 is 0 Å². The smallest absolute Gasteiger partial charge is 0.255 e. The number of H-pyrrole nitrogens is 2. The number of aromatic nitrogens is 2. The molecule has 0 radical (unpaired) electrons. The van der Waals surface area contributed by atoms with E-state index in [4.69, 9.17) is 17.0 Å². The molecule has 7 heteroatoms. The van der Waals surface area contributed by atoms with Crippen molar-refractivity contribution < 1.29 is 9.84 Å². The largest absolute Gasteiger partial charge is 0.504 e. The number of nitrogens with zero attached hydrogens (tertiary/aromatic N) is 1. The lowest BCUT2D eigenvalue weighted by atomic mass is 10.1. The fourth-order valence-electron chi connectivity index (χ4n) is 2.85. The molecule has 1 aliphatic heterocycles. The van der Waals surface area contributed by atoms with Gasteiger partial charge in [0.05, 0.1) is 6.61 Å². The predicted octanol–water partition coefficient (Wildman–Crippen LogP) is 2.10. The summed E-state index contributed by atoms with van der Waals surface area (Å²) in [6.07, 6.45) is 0.688. The zero-order chi connectivity index (χ0) is 16.4. The second kappa shape index (κ2) is 6.55. The number of fused-ring (bicyclic) bond motifs is 1. The summed E-state index contributed by atoms with van der Waals surface area (Å²) >= 11 is 5.04. The van der Waals surface area contributed by atoms with Crippen LogP contribution < -0.4 is 10.3 Å². The zero-order valence-electron chi connectivity index (χ0n) is 12.9. The molecule has 0 amide bonds. The summed E-state index contributed by atoms with van der Waals surface area (Å²) < 4.78 is 5.78. The molecule has 6 nitrogen and oxygen atoms in total. The Morgan fingerprint density at radius 2 is 2.22 bits per heavy atom. The molecule has 0 bridgehead atoms. The van der Waals surface area contributed by atoms with E-state index in [1.807, 2.05) is 19.1 Å². The summed E-state index contributed by atoms with van der Waals surface area (Å²) in [6.45, 7) is 4.55. The molecule has 3 rings (SSSR count). The molecule has 0 saturated heterocycles. The number of benzene rings is 1. The molecular formula is C16H19N3O3S. The van der Waals surface area contributed by atoms with Crippen molar-refractivity contribution in [1.29, 1.82) is 0 Å². The minimum absolute atomic E-state index is 0.0911. The summed E-state index contributed by atoms with van der Waals surface area (Å²) in [4.78, 5) is 19.8. The van der Waals surface area contributed by atoms with Crippen molar-refractivity contribution >= 4 is 12.2 Å². The highest BCUT2D eigenvalue weighted by Gasteiger charge is 2.19. The van der Waals surface area contributed by atoms with Crippen molar-refractivity contribution in [3.05, 3.63) is 50.1 Å². The zero-order valence-corrected chi connectivity index (χ0v) is 13.7. The van der Waals surface area contributed by atoms with E-state index < -0.39 is 0 Å². The molecule has 3 N–H and O–H groups in total. The molecule has 0 saturated carbocycles. The van der Waals surface area contributed by atoms with Crippen molar-refractivity contribution in [3.63, 3.8) is 0 Å². The Bertz CT molecular complexity index is 828. The molecule has 0 spiro atoms. The first-order valence-electron chi connectivity index (χ1n) is 7.58. The van der Waals surface area contributed by atoms with Gasteiger partial charge in [-0.05, 0) is 43.3 Å². The van der Waals surface area contributed by atoms with Crippen LogP contribution in [0, 0.1) is 4.77 Å². The third kappa shape index (κ3) is 3.46. The van der Waals surface area contributed by atoms with E-state index in [2.05, 4.69) is 14.9 Å². The van der Waals surface area contributed by atoms with Crippen molar-refractivity contribution in [2.45, 2.75) is 26.4 Å². The third-order valence-electron chi connectivity index (χ3n) is 3.92. The molecule has 1 aromatic carbocycles. The standard InChI is InChI=1S/C16H19N3O3S/c1-2-22-14-7-10(3-4-13(14)20)8-19-6-5-11-12(9-19)17-16(23)18-15(11)21/h3-4,7,20H,2,5-6,8-9H2,1H3,(H2,17,18,21,23). The van der Waals surface area contributed by atoms with E-state index in [1.54, 1.807) is 6.07 Å². The Balaban J connectivity index is 1.78. The number of aromatic hydroxyl groups is 1. The maximum absolute atomic E-state index is 11.9. The Morgan fingerprint density at radius 1 is 1.39 bits per heavy atom. The van der Waals surface area contributed by atoms with Gasteiger partial charge < -0.3 is 14.8 Å². The number of ether oxygens (including phenoxy) is 1. The number of phenols is 1. The van der Waals surface area contributed by atoms with Crippen LogP contribution in [-0.2, 0) is 19.5 Å². The normalized spacial score (nSPS) is 14.5. The lowest BCUT2D eigenvalue weighted by Crippen LogP contribution is -2.34. The first kappa shape index (κ1) is 15.8. The highest BCUT2D eigenvalue weighted by Crippen LogP contribution is 2.28. The minimum atomic E-state index is -0.0911. The average Bonchev–Trinajstić information content (AvgIpc) is 2.50. The SMILES string of the molecule is CCOc1cc(CN2CCc3c([nH]c(=S)[nH]c3=O)C2)ccc1O. The molecule has 0 atom stereocenters. The van der Waals surface area contributed by atoms with Gasteiger partial charge in [0, 0.05) is 30.9 Å². The summed E-state index contributed by atoms with van der Waals surface area (Å²) in [7, 11) is 0. The summed E-state index contributed by atoms with van der Waals surface area (Å²) in [6, 6.07) is 5.39. The van der Waals surface area contributed by atoms with Crippen molar-refractivity contribution in [2.75, 3.05) is 13.2 Å². The van der Waals surface area contributed by atoms with Gasteiger partial charge in [-0.15, -0.1) is 0 Å². The quantitative estimate of drug-likeness (QED) is 0.747. The van der Waals surface area contributed by atoms with Crippen LogP contribution in [0.4, 0.5) is 0 Å². The van der Waals surface area contributed by atoms with E-state index in [1.165, 1.54) is 0 Å². The predicted molar refractivity (Wildman–Crippen MR) is 89.3 cm³/mol. The van der Waals surface area contributed by atoms with Gasteiger partial charge in [-0.2, -0.15) is 0 Å². The molecule has 23 heavy (non-hydrogen) atoms. The lowest BCUT2D eigenvalue weighted by molar-refractivity contribution is 0.239. The van der Waals surface area contributed by atoms with Crippen molar-refractivity contribution in [3.8, 4) is 11.5 Å². The molecule has 2 heterocycles. The van der Waals surface area contributed by atoms with Crippen LogP contribution in [0.3, 0.4) is 0 Å². The third-order valence-corrected chi connectivity index (χ3v) is 4.12. The van der Waals surface area contributed by atoms with Crippen molar-refractivity contribution in [2.24, 2.45) is 0 Å². The number of phenolic OH excluding ortho intramolecular Hbond substituents is 1. The van der Waals surface area contributed by atoms with Crippen LogP contribution in [0.15, 0.2) is 23.0 Å². The van der Waals surface area contributed by atoms with Gasteiger partial charge in [0.2, 0.25) is 0 Å².